The maximum atomic E-state index is 13.3. The van der Waals surface area contributed by atoms with Crippen LogP contribution in [0.3, 0.4) is 0 Å². The highest BCUT2D eigenvalue weighted by molar-refractivity contribution is 5.93. The standard InChI is InChI=1S/C20H23FN6O/c1-26-9-7-16(8-10-26)24-20(28)17-13-23-19-6-5-18(25-27(17)19)22-12-14-3-2-4-15(21)11-14/h2-6,11,13,16H,7-10,12H2,1H3,(H,22,25)(H,24,28). The second kappa shape index (κ2) is 7.93. The van der Waals surface area contributed by atoms with Gasteiger partial charge in [0.25, 0.3) is 5.91 Å². The second-order valence-electron chi connectivity index (χ2n) is 7.17. The highest BCUT2D eigenvalue weighted by Crippen LogP contribution is 2.13. The third-order valence-electron chi connectivity index (χ3n) is 5.01. The first-order chi connectivity index (χ1) is 13.6. The van der Waals surface area contributed by atoms with Crippen LogP contribution in [0.4, 0.5) is 10.2 Å². The van der Waals surface area contributed by atoms with Gasteiger partial charge in [-0.15, -0.1) is 5.10 Å². The van der Waals surface area contributed by atoms with Crippen molar-refractivity contribution < 1.29 is 9.18 Å². The molecule has 0 saturated carbocycles. The molecule has 1 fully saturated rings. The predicted molar refractivity (Wildman–Crippen MR) is 105 cm³/mol. The molecule has 8 heteroatoms. The van der Waals surface area contributed by atoms with Gasteiger partial charge in [-0.25, -0.2) is 13.9 Å². The van der Waals surface area contributed by atoms with Crippen LogP contribution in [0.25, 0.3) is 5.65 Å². The number of nitrogens with zero attached hydrogens (tertiary/aromatic N) is 4. The summed E-state index contributed by atoms with van der Waals surface area (Å²) in [7, 11) is 2.09. The minimum Gasteiger partial charge on any atom is -0.365 e. The van der Waals surface area contributed by atoms with E-state index < -0.39 is 0 Å². The summed E-state index contributed by atoms with van der Waals surface area (Å²) in [6.07, 6.45) is 3.42. The number of amides is 1. The zero-order chi connectivity index (χ0) is 19.5. The summed E-state index contributed by atoms with van der Waals surface area (Å²) in [6, 6.07) is 10.2. The number of piperidine rings is 1. The summed E-state index contributed by atoms with van der Waals surface area (Å²) in [6.45, 7) is 2.39. The van der Waals surface area contributed by atoms with Crippen LogP contribution >= 0.6 is 0 Å². The first-order valence-corrected chi connectivity index (χ1v) is 9.41. The van der Waals surface area contributed by atoms with Crippen LogP contribution in [0.15, 0.2) is 42.6 Å². The topological polar surface area (TPSA) is 74.6 Å². The number of imidazole rings is 1. The number of hydrogen-bond acceptors (Lipinski definition) is 5. The number of hydrogen-bond donors (Lipinski definition) is 2. The van der Waals surface area contributed by atoms with Crippen LogP contribution in [0, 0.1) is 5.82 Å². The molecule has 28 heavy (non-hydrogen) atoms. The van der Waals surface area contributed by atoms with E-state index in [1.54, 1.807) is 24.4 Å². The van der Waals surface area contributed by atoms with E-state index in [9.17, 15) is 9.18 Å². The molecule has 0 spiro atoms. The Balaban J connectivity index is 1.47. The van der Waals surface area contributed by atoms with Crippen LogP contribution in [0.5, 0.6) is 0 Å². The van der Waals surface area contributed by atoms with Crippen LogP contribution in [0.1, 0.15) is 28.9 Å². The van der Waals surface area contributed by atoms with Crippen molar-refractivity contribution in [2.75, 3.05) is 25.5 Å². The Morgan fingerprint density at radius 1 is 1.25 bits per heavy atom. The summed E-state index contributed by atoms with van der Waals surface area (Å²) in [4.78, 5) is 19.2. The van der Waals surface area contributed by atoms with Gasteiger partial charge in [0.2, 0.25) is 0 Å². The van der Waals surface area contributed by atoms with E-state index in [1.165, 1.54) is 16.6 Å². The van der Waals surface area contributed by atoms with E-state index in [4.69, 9.17) is 0 Å². The highest BCUT2D eigenvalue weighted by atomic mass is 19.1. The van der Waals surface area contributed by atoms with Crippen molar-refractivity contribution in [2.45, 2.75) is 25.4 Å². The fraction of sp³-hybridized carbons (Fsp3) is 0.350. The van der Waals surface area contributed by atoms with Crippen molar-refractivity contribution in [3.63, 3.8) is 0 Å². The minimum absolute atomic E-state index is 0.170. The van der Waals surface area contributed by atoms with Crippen molar-refractivity contribution in [1.29, 1.82) is 0 Å². The average Bonchev–Trinajstić information content (AvgIpc) is 3.11. The molecule has 0 radical (unpaired) electrons. The van der Waals surface area contributed by atoms with Crippen LogP contribution < -0.4 is 10.6 Å². The predicted octanol–water partition coefficient (Wildman–Crippen LogP) is 2.30. The van der Waals surface area contributed by atoms with Crippen LogP contribution in [-0.4, -0.2) is 51.6 Å². The number of fused-ring (bicyclic) bond motifs is 1. The molecule has 4 rings (SSSR count). The summed E-state index contributed by atoms with van der Waals surface area (Å²) < 4.78 is 14.9. The lowest BCUT2D eigenvalue weighted by atomic mass is 10.1. The molecule has 7 nitrogen and oxygen atoms in total. The zero-order valence-corrected chi connectivity index (χ0v) is 15.7. The van der Waals surface area contributed by atoms with Crippen molar-refractivity contribution >= 4 is 17.4 Å². The lowest BCUT2D eigenvalue weighted by molar-refractivity contribution is 0.0909. The fourth-order valence-electron chi connectivity index (χ4n) is 3.37. The number of aromatic nitrogens is 3. The Bertz CT molecular complexity index is 980. The molecule has 3 aromatic rings. The Morgan fingerprint density at radius 2 is 2.07 bits per heavy atom. The highest BCUT2D eigenvalue weighted by Gasteiger charge is 2.21. The van der Waals surface area contributed by atoms with Crippen molar-refractivity contribution in [2.24, 2.45) is 0 Å². The molecule has 2 N–H and O–H groups in total. The SMILES string of the molecule is CN1CCC(NC(=O)c2cnc3ccc(NCc4cccc(F)c4)nn23)CC1. The fourth-order valence-corrected chi connectivity index (χ4v) is 3.37. The Hall–Kier alpha value is -3.00. The van der Waals surface area contributed by atoms with Gasteiger partial charge >= 0.3 is 0 Å². The van der Waals surface area contributed by atoms with E-state index in [0.717, 1.165) is 31.5 Å². The average molecular weight is 382 g/mol. The van der Waals surface area contributed by atoms with Gasteiger partial charge in [-0.2, -0.15) is 0 Å². The summed E-state index contributed by atoms with van der Waals surface area (Å²) in [5.41, 5.74) is 1.82. The summed E-state index contributed by atoms with van der Waals surface area (Å²) >= 11 is 0. The monoisotopic (exact) mass is 382 g/mol. The first-order valence-electron chi connectivity index (χ1n) is 9.41. The van der Waals surface area contributed by atoms with Crippen molar-refractivity contribution in [3.05, 3.63) is 59.7 Å². The molecule has 3 heterocycles. The zero-order valence-electron chi connectivity index (χ0n) is 15.7. The van der Waals surface area contributed by atoms with Gasteiger partial charge in [-0.1, -0.05) is 12.1 Å². The maximum absolute atomic E-state index is 13.3. The smallest absolute Gasteiger partial charge is 0.271 e. The van der Waals surface area contributed by atoms with Crippen molar-refractivity contribution in [3.8, 4) is 0 Å². The molecule has 1 aromatic carbocycles. The number of nitrogens with one attached hydrogen (secondary N) is 2. The Kier molecular flexibility index (Phi) is 5.21. The largest absolute Gasteiger partial charge is 0.365 e. The van der Waals surface area contributed by atoms with E-state index in [2.05, 4.69) is 32.7 Å². The second-order valence-corrected chi connectivity index (χ2v) is 7.17. The van der Waals surface area contributed by atoms with Crippen LogP contribution in [-0.2, 0) is 6.54 Å². The lowest BCUT2D eigenvalue weighted by Crippen LogP contribution is -2.43. The van der Waals surface area contributed by atoms with Gasteiger partial charge in [0.1, 0.15) is 11.6 Å². The molecule has 1 amide bonds. The van der Waals surface area contributed by atoms with Gasteiger partial charge in [-0.05, 0) is 62.8 Å². The summed E-state index contributed by atoms with van der Waals surface area (Å²) in [5.74, 6) is 0.144. The number of benzene rings is 1. The number of carbonyl (C=O) groups excluding carboxylic acids is 1. The van der Waals surface area contributed by atoms with Gasteiger partial charge in [0, 0.05) is 12.6 Å². The van der Waals surface area contributed by atoms with E-state index in [0.29, 0.717) is 23.7 Å². The molecule has 0 unspecified atom stereocenters. The van der Waals surface area contributed by atoms with Gasteiger partial charge in [0.15, 0.2) is 11.3 Å². The molecule has 0 atom stereocenters. The minimum atomic E-state index is -0.273. The number of likely N-dealkylation sites (tertiary alicyclic amines) is 1. The lowest BCUT2D eigenvalue weighted by Gasteiger charge is -2.29. The Morgan fingerprint density at radius 3 is 2.86 bits per heavy atom. The Labute approximate surface area is 162 Å². The first kappa shape index (κ1) is 18.4. The van der Waals surface area contributed by atoms with Gasteiger partial charge in [0.05, 0.1) is 6.20 Å². The maximum Gasteiger partial charge on any atom is 0.271 e. The molecule has 0 bridgehead atoms. The number of rotatable bonds is 5. The summed E-state index contributed by atoms with van der Waals surface area (Å²) in [5, 5.41) is 10.7. The molecule has 146 valence electrons. The number of carbonyl (C=O) groups is 1. The molecule has 2 aromatic heterocycles. The third kappa shape index (κ3) is 4.12. The molecule has 1 saturated heterocycles. The van der Waals surface area contributed by atoms with Gasteiger partial charge < -0.3 is 15.5 Å². The molecule has 1 aliphatic heterocycles. The molecular formula is C20H23FN6O. The number of anilines is 1. The molecule has 1 aliphatic rings. The quantitative estimate of drug-likeness (QED) is 0.708. The third-order valence-corrected chi connectivity index (χ3v) is 5.01. The van der Waals surface area contributed by atoms with Crippen LogP contribution in [0.2, 0.25) is 0 Å². The van der Waals surface area contributed by atoms with Crippen molar-refractivity contribution in [1.82, 2.24) is 24.8 Å². The van der Waals surface area contributed by atoms with Gasteiger partial charge in [-0.3, -0.25) is 4.79 Å². The van der Waals surface area contributed by atoms with E-state index in [-0.39, 0.29) is 17.8 Å². The molecule has 0 aliphatic carbocycles. The molecular weight excluding hydrogens is 359 g/mol. The number of halogens is 1. The van der Waals surface area contributed by atoms with E-state index >= 15 is 0 Å². The normalized spacial score (nSPS) is 15.6. The van der Waals surface area contributed by atoms with E-state index in [1.807, 2.05) is 6.07 Å².